The van der Waals surface area contributed by atoms with Crippen molar-refractivity contribution in [3.63, 3.8) is 0 Å². The molecule has 1 aromatic heterocycles. The Labute approximate surface area is 341 Å². The fraction of sp³-hybridized carbons (Fsp3) is 0.0556. The summed E-state index contributed by atoms with van der Waals surface area (Å²) in [6, 6.07) is 74.4. The summed E-state index contributed by atoms with van der Waals surface area (Å²) in [5.41, 5.74) is 20.8. The van der Waals surface area contributed by atoms with E-state index in [1.165, 1.54) is 77.9 Å². The molecule has 0 amide bonds. The van der Waals surface area contributed by atoms with E-state index in [1.807, 2.05) is 0 Å². The van der Waals surface area contributed by atoms with E-state index in [9.17, 15) is 0 Å². The Morgan fingerprint density at radius 1 is 0.411 bits per heavy atom. The Bertz CT molecular complexity index is 2900. The fourth-order valence-electron chi connectivity index (χ4n) is 9.32. The van der Waals surface area contributed by atoms with Crippen LogP contribution in [0.15, 0.2) is 194 Å². The predicted molar refractivity (Wildman–Crippen MR) is 228 cm³/mol. The molecule has 8 aromatic carbocycles. The normalized spacial score (nSPS) is 13.2. The quantitative estimate of drug-likeness (QED) is 0.157. The summed E-state index contributed by atoms with van der Waals surface area (Å²) in [6.45, 7) is 0. The Morgan fingerprint density at radius 3 is 1.64 bits per heavy atom. The topological polar surface area (TPSA) is 12.9 Å². The van der Waals surface area contributed by atoms with Crippen molar-refractivity contribution >= 4 is 10.9 Å². The van der Waals surface area contributed by atoms with Crippen LogP contribution < -0.4 is 0 Å². The van der Waals surface area contributed by atoms with E-state index in [0.717, 1.165) is 35.0 Å². The minimum atomic E-state index is -0.0785. The zero-order valence-electron chi connectivity index (χ0n) is 30.7. The third kappa shape index (κ3) is 5.68. The van der Waals surface area contributed by atoms with Crippen molar-refractivity contribution in [1.29, 1.82) is 0 Å². The van der Waals surface area contributed by atoms with Gasteiger partial charge in [0.05, 0.1) is 5.52 Å². The second-order valence-electron chi connectivity index (χ2n) is 15.1. The Kier molecular flexibility index (Phi) is 8.48. The molecular formula is C54H36IrN-. The summed E-state index contributed by atoms with van der Waals surface area (Å²) in [6.07, 6.45) is 2.03. The summed E-state index contributed by atoms with van der Waals surface area (Å²) >= 11 is 0. The van der Waals surface area contributed by atoms with Gasteiger partial charge in [0, 0.05) is 30.9 Å². The molecule has 2 aliphatic carbocycles. The summed E-state index contributed by atoms with van der Waals surface area (Å²) in [5, 5.41) is 1.14. The van der Waals surface area contributed by atoms with Crippen molar-refractivity contribution in [3.8, 4) is 66.9 Å². The maximum atomic E-state index is 5.37. The zero-order valence-corrected chi connectivity index (χ0v) is 33.1. The van der Waals surface area contributed by atoms with Gasteiger partial charge >= 0.3 is 0 Å². The molecule has 11 rings (SSSR count). The molecular weight excluding hydrogens is 855 g/mol. The van der Waals surface area contributed by atoms with Crippen LogP contribution >= 0.6 is 0 Å². The van der Waals surface area contributed by atoms with Gasteiger partial charge in [-0.25, -0.2) is 0 Å². The minimum Gasteiger partial charge on any atom is -0.296 e. The standard InChI is InChI=1S/C54H36N.Ir/c1-3-13-36(14-4-1)38-19-11-20-39(29-38)40-21-12-22-41(30-40)42-26-28-52-49(31-42)48(37-15-5-2-6-16-37)33-53(55-52)43-25-27-47-46-23-9-10-24-50(46)54(51(47)32-43)34-44-17-7-8-18-45(44)35-54;/h1-24,26-33H,34-35H2;/q-1;. The van der Waals surface area contributed by atoms with Crippen LogP contribution in [0.3, 0.4) is 0 Å². The van der Waals surface area contributed by atoms with Crippen LogP contribution in [-0.2, 0) is 38.4 Å². The molecule has 1 radical (unpaired) electrons. The molecule has 0 N–H and O–H groups in total. The third-order valence-electron chi connectivity index (χ3n) is 12.0. The van der Waals surface area contributed by atoms with Crippen LogP contribution in [0, 0.1) is 6.07 Å². The number of benzene rings is 8. The van der Waals surface area contributed by atoms with Gasteiger partial charge in [0.1, 0.15) is 0 Å². The molecule has 9 aromatic rings. The zero-order chi connectivity index (χ0) is 36.3. The minimum absolute atomic E-state index is 0. The first-order chi connectivity index (χ1) is 27.2. The van der Waals surface area contributed by atoms with E-state index in [1.54, 1.807) is 0 Å². The van der Waals surface area contributed by atoms with E-state index < -0.39 is 0 Å². The average Bonchev–Trinajstić information content (AvgIpc) is 3.79. The van der Waals surface area contributed by atoms with Crippen molar-refractivity contribution < 1.29 is 20.1 Å². The number of nitrogens with zero attached hydrogens (tertiary/aromatic N) is 1. The van der Waals surface area contributed by atoms with Crippen LogP contribution in [0.25, 0.3) is 77.8 Å². The number of rotatable bonds is 5. The summed E-state index contributed by atoms with van der Waals surface area (Å²) < 4.78 is 0. The van der Waals surface area contributed by atoms with Crippen molar-refractivity contribution in [2.75, 3.05) is 0 Å². The van der Waals surface area contributed by atoms with Gasteiger partial charge in [-0.1, -0.05) is 169 Å². The molecule has 1 nitrogen and oxygen atoms in total. The van der Waals surface area contributed by atoms with E-state index in [-0.39, 0.29) is 25.5 Å². The predicted octanol–water partition coefficient (Wildman–Crippen LogP) is 13.4. The van der Waals surface area contributed by atoms with Gasteiger partial charge in [0.15, 0.2) is 0 Å². The number of hydrogen-bond donors (Lipinski definition) is 0. The largest absolute Gasteiger partial charge is 0.296 e. The van der Waals surface area contributed by atoms with E-state index in [0.29, 0.717) is 0 Å². The average molecular weight is 891 g/mol. The van der Waals surface area contributed by atoms with Crippen molar-refractivity contribution in [2.45, 2.75) is 18.3 Å². The molecule has 267 valence electrons. The summed E-state index contributed by atoms with van der Waals surface area (Å²) in [5.74, 6) is 0. The third-order valence-corrected chi connectivity index (χ3v) is 12.0. The Morgan fingerprint density at radius 2 is 0.964 bits per heavy atom. The SMILES string of the molecule is [Ir].[c-]1cc2c(cc1-c1cc(-c3ccccc3)c3cc(-c4cccc(-c5cccc(-c6ccccc6)c5)c4)ccc3n1)C1(Cc3ccccc3C1)c1ccccc1-2. The van der Waals surface area contributed by atoms with E-state index in [2.05, 4.69) is 200 Å². The molecule has 0 fully saturated rings. The van der Waals surface area contributed by atoms with Crippen molar-refractivity contribution in [3.05, 3.63) is 222 Å². The molecule has 0 atom stereocenters. The maximum Gasteiger partial charge on any atom is 0.0602 e. The Hall–Kier alpha value is -6.18. The molecule has 0 unspecified atom stereocenters. The van der Waals surface area contributed by atoms with Crippen molar-refractivity contribution in [2.24, 2.45) is 0 Å². The first kappa shape index (κ1) is 34.3. The van der Waals surface area contributed by atoms with Gasteiger partial charge in [0.25, 0.3) is 0 Å². The molecule has 1 spiro atoms. The summed E-state index contributed by atoms with van der Waals surface area (Å²) in [4.78, 5) is 5.37. The number of aromatic nitrogens is 1. The van der Waals surface area contributed by atoms with Crippen LogP contribution in [0.2, 0.25) is 0 Å². The molecule has 0 bridgehead atoms. The van der Waals surface area contributed by atoms with Crippen LogP contribution in [-0.4, -0.2) is 4.98 Å². The van der Waals surface area contributed by atoms with Crippen LogP contribution in [0.4, 0.5) is 0 Å². The Balaban J connectivity index is 0.00000384. The second-order valence-corrected chi connectivity index (χ2v) is 15.1. The van der Waals surface area contributed by atoms with Gasteiger partial charge in [-0.15, -0.1) is 29.3 Å². The number of hydrogen-bond acceptors (Lipinski definition) is 1. The van der Waals surface area contributed by atoms with Gasteiger partial charge in [-0.3, -0.25) is 4.98 Å². The molecule has 0 saturated heterocycles. The maximum absolute atomic E-state index is 5.37. The van der Waals surface area contributed by atoms with Gasteiger partial charge < -0.3 is 0 Å². The smallest absolute Gasteiger partial charge is 0.0602 e. The molecule has 2 heteroatoms. The molecule has 1 heterocycles. The van der Waals surface area contributed by atoms with Crippen molar-refractivity contribution in [1.82, 2.24) is 4.98 Å². The fourth-order valence-corrected chi connectivity index (χ4v) is 9.32. The second kappa shape index (κ2) is 13.8. The first-order valence-electron chi connectivity index (χ1n) is 19.2. The van der Waals surface area contributed by atoms with E-state index >= 15 is 0 Å². The monoisotopic (exact) mass is 891 g/mol. The first-order valence-corrected chi connectivity index (χ1v) is 19.2. The molecule has 0 aliphatic heterocycles. The van der Waals surface area contributed by atoms with Gasteiger partial charge in [-0.05, 0) is 104 Å². The van der Waals surface area contributed by atoms with E-state index in [4.69, 9.17) is 4.98 Å². The molecule has 56 heavy (non-hydrogen) atoms. The van der Waals surface area contributed by atoms with Gasteiger partial charge in [0.2, 0.25) is 0 Å². The van der Waals surface area contributed by atoms with Gasteiger partial charge in [-0.2, -0.15) is 0 Å². The molecule has 2 aliphatic rings. The number of fused-ring (bicyclic) bond motifs is 7. The molecule has 0 saturated carbocycles. The summed E-state index contributed by atoms with van der Waals surface area (Å²) in [7, 11) is 0. The van der Waals surface area contributed by atoms with Crippen LogP contribution in [0.5, 0.6) is 0 Å². The number of pyridine rings is 1. The van der Waals surface area contributed by atoms with Crippen LogP contribution in [0.1, 0.15) is 22.3 Å².